The maximum atomic E-state index is 12.0. The number of hydrogen-bond donors (Lipinski definition) is 1. The topological polar surface area (TPSA) is 81.9 Å². The molecule has 0 saturated carbocycles. The van der Waals surface area contributed by atoms with E-state index >= 15 is 0 Å². The molecule has 1 saturated heterocycles. The smallest absolute Gasteiger partial charge is 0.227 e. The highest BCUT2D eigenvalue weighted by Gasteiger charge is 2.35. The van der Waals surface area contributed by atoms with Crippen molar-refractivity contribution in [2.45, 2.75) is 6.42 Å². The summed E-state index contributed by atoms with van der Waals surface area (Å²) in [5, 5.41) is 0.381. The molecule has 108 valence electrons. The van der Waals surface area contributed by atoms with Gasteiger partial charge < -0.3 is 20.1 Å². The van der Waals surface area contributed by atoms with Gasteiger partial charge in [-0.1, -0.05) is 11.6 Å². The molecule has 0 aromatic heterocycles. The Kier molecular flexibility index (Phi) is 4.04. The van der Waals surface area contributed by atoms with Gasteiger partial charge in [-0.15, -0.1) is 0 Å². The van der Waals surface area contributed by atoms with Crippen LogP contribution in [-0.4, -0.2) is 32.6 Å². The van der Waals surface area contributed by atoms with Gasteiger partial charge in [0.2, 0.25) is 11.8 Å². The van der Waals surface area contributed by atoms with E-state index in [2.05, 4.69) is 0 Å². The van der Waals surface area contributed by atoms with Crippen molar-refractivity contribution < 1.29 is 19.1 Å². The summed E-state index contributed by atoms with van der Waals surface area (Å²) in [4.78, 5) is 24.7. The van der Waals surface area contributed by atoms with Crippen LogP contribution < -0.4 is 20.1 Å². The molecule has 0 aliphatic carbocycles. The average Bonchev–Trinajstić information content (AvgIpc) is 2.80. The lowest BCUT2D eigenvalue weighted by molar-refractivity contribution is -0.123. The fraction of sp³-hybridized carbons (Fsp3) is 0.385. The quantitative estimate of drug-likeness (QED) is 0.905. The van der Waals surface area contributed by atoms with E-state index in [0.29, 0.717) is 22.2 Å². The van der Waals surface area contributed by atoms with Crippen molar-refractivity contribution in [3.63, 3.8) is 0 Å². The highest BCUT2D eigenvalue weighted by Crippen LogP contribution is 2.40. The van der Waals surface area contributed by atoms with E-state index < -0.39 is 11.8 Å². The molecule has 1 atom stereocenters. The zero-order valence-electron chi connectivity index (χ0n) is 11.2. The molecule has 6 nitrogen and oxygen atoms in total. The molecule has 1 aromatic rings. The average molecular weight is 299 g/mol. The van der Waals surface area contributed by atoms with Gasteiger partial charge in [-0.05, 0) is 0 Å². The summed E-state index contributed by atoms with van der Waals surface area (Å²) in [5.41, 5.74) is 5.77. The third-order valence-electron chi connectivity index (χ3n) is 3.27. The van der Waals surface area contributed by atoms with Crippen LogP contribution in [0.3, 0.4) is 0 Å². The highest BCUT2D eigenvalue weighted by atomic mass is 35.5. The van der Waals surface area contributed by atoms with Crippen molar-refractivity contribution >= 4 is 29.1 Å². The fourth-order valence-electron chi connectivity index (χ4n) is 2.19. The summed E-state index contributed by atoms with van der Waals surface area (Å²) in [6.07, 6.45) is 0.101. The zero-order valence-corrected chi connectivity index (χ0v) is 11.9. The minimum Gasteiger partial charge on any atom is -0.495 e. The molecule has 1 heterocycles. The van der Waals surface area contributed by atoms with Crippen molar-refractivity contribution in [3.05, 3.63) is 17.2 Å². The number of anilines is 1. The number of nitrogens with two attached hydrogens (primary N) is 1. The third-order valence-corrected chi connectivity index (χ3v) is 3.57. The van der Waals surface area contributed by atoms with Gasteiger partial charge in [-0.3, -0.25) is 9.59 Å². The predicted octanol–water partition coefficient (Wildman–Crippen LogP) is 1.20. The van der Waals surface area contributed by atoms with Crippen molar-refractivity contribution in [1.29, 1.82) is 0 Å². The number of nitrogens with zero attached hydrogens (tertiary/aromatic N) is 1. The van der Waals surface area contributed by atoms with E-state index in [0.717, 1.165) is 0 Å². The summed E-state index contributed by atoms with van der Waals surface area (Å²) in [6.45, 7) is 0.231. The van der Waals surface area contributed by atoms with Gasteiger partial charge in [-0.2, -0.15) is 0 Å². The summed E-state index contributed by atoms with van der Waals surface area (Å²) in [5.74, 6) is -0.293. The molecule has 0 spiro atoms. The van der Waals surface area contributed by atoms with Gasteiger partial charge in [-0.25, -0.2) is 0 Å². The predicted molar refractivity (Wildman–Crippen MR) is 74.2 cm³/mol. The van der Waals surface area contributed by atoms with Gasteiger partial charge in [0, 0.05) is 25.1 Å². The van der Waals surface area contributed by atoms with E-state index in [-0.39, 0.29) is 18.9 Å². The lowest BCUT2D eigenvalue weighted by Crippen LogP contribution is -2.28. The van der Waals surface area contributed by atoms with Gasteiger partial charge in [0.25, 0.3) is 0 Å². The van der Waals surface area contributed by atoms with Crippen LogP contribution in [0.25, 0.3) is 0 Å². The van der Waals surface area contributed by atoms with E-state index in [1.165, 1.54) is 19.1 Å². The first-order valence-corrected chi connectivity index (χ1v) is 6.37. The molecule has 1 fully saturated rings. The second kappa shape index (κ2) is 5.58. The van der Waals surface area contributed by atoms with Crippen LogP contribution in [0.1, 0.15) is 6.42 Å². The number of halogens is 1. The monoisotopic (exact) mass is 298 g/mol. The minimum atomic E-state index is -0.492. The van der Waals surface area contributed by atoms with Crippen molar-refractivity contribution in [2.24, 2.45) is 11.7 Å². The lowest BCUT2D eigenvalue weighted by atomic mass is 10.1. The first-order valence-electron chi connectivity index (χ1n) is 5.99. The van der Waals surface area contributed by atoms with Crippen LogP contribution in [-0.2, 0) is 9.59 Å². The molecule has 2 rings (SSSR count). The highest BCUT2D eigenvalue weighted by molar-refractivity contribution is 6.32. The van der Waals surface area contributed by atoms with Crippen molar-refractivity contribution in [2.75, 3.05) is 25.7 Å². The molecular weight excluding hydrogens is 284 g/mol. The van der Waals surface area contributed by atoms with Crippen LogP contribution in [0.15, 0.2) is 12.1 Å². The molecule has 0 unspecified atom stereocenters. The van der Waals surface area contributed by atoms with E-state index in [4.69, 9.17) is 26.8 Å². The zero-order chi connectivity index (χ0) is 14.9. The van der Waals surface area contributed by atoms with Crippen LogP contribution >= 0.6 is 11.6 Å². The van der Waals surface area contributed by atoms with Crippen molar-refractivity contribution in [1.82, 2.24) is 0 Å². The number of rotatable bonds is 4. The molecule has 20 heavy (non-hydrogen) atoms. The number of benzene rings is 1. The first kappa shape index (κ1) is 14.5. The van der Waals surface area contributed by atoms with E-state index in [9.17, 15) is 9.59 Å². The Hall–Kier alpha value is -1.95. The Balaban J connectivity index is 2.41. The Labute approximate surface area is 121 Å². The molecule has 1 aromatic carbocycles. The maximum Gasteiger partial charge on any atom is 0.227 e. The van der Waals surface area contributed by atoms with Crippen LogP contribution in [0, 0.1) is 5.92 Å². The minimum absolute atomic E-state index is 0.101. The van der Waals surface area contributed by atoms with Crippen LogP contribution in [0.5, 0.6) is 11.5 Å². The van der Waals surface area contributed by atoms with Gasteiger partial charge in [0.15, 0.2) is 0 Å². The molecule has 2 amide bonds. The third kappa shape index (κ3) is 2.51. The van der Waals surface area contributed by atoms with Gasteiger partial charge in [0.1, 0.15) is 11.5 Å². The lowest BCUT2D eigenvalue weighted by Gasteiger charge is -2.20. The molecule has 1 aliphatic heterocycles. The fourth-order valence-corrected chi connectivity index (χ4v) is 2.42. The normalized spacial score (nSPS) is 18.2. The largest absolute Gasteiger partial charge is 0.495 e. The van der Waals surface area contributed by atoms with E-state index in [1.54, 1.807) is 12.1 Å². The summed E-state index contributed by atoms with van der Waals surface area (Å²) < 4.78 is 10.4. The SMILES string of the molecule is COc1cc(N2C[C@@H](C(N)=O)CC2=O)c(OC)cc1Cl. The first-order chi connectivity index (χ1) is 9.47. The molecule has 0 bridgehead atoms. The van der Waals surface area contributed by atoms with Crippen LogP contribution in [0.2, 0.25) is 5.02 Å². The second-order valence-corrected chi connectivity index (χ2v) is 4.87. The number of methoxy groups -OCH3 is 2. The summed E-state index contributed by atoms with van der Waals surface area (Å²) >= 11 is 6.02. The summed E-state index contributed by atoms with van der Waals surface area (Å²) in [7, 11) is 2.96. The number of primary amides is 1. The number of amides is 2. The second-order valence-electron chi connectivity index (χ2n) is 4.47. The molecule has 2 N–H and O–H groups in total. The molecule has 0 radical (unpaired) electrons. The molecule has 1 aliphatic rings. The van der Waals surface area contributed by atoms with Gasteiger partial charge >= 0.3 is 0 Å². The Bertz CT molecular complexity index is 562. The number of carbonyl (C=O) groups excluding carboxylic acids is 2. The standard InChI is InChI=1S/C13H15ClN2O4/c1-19-10-5-9(11(20-2)4-8(10)14)16-6-7(13(15)18)3-12(16)17/h4-5,7H,3,6H2,1-2H3,(H2,15,18)/t7-/m0/s1. The van der Waals surface area contributed by atoms with Gasteiger partial charge in [0.05, 0.1) is 30.8 Å². The molecular formula is C13H15ClN2O4. The Morgan fingerprint density at radius 1 is 1.35 bits per heavy atom. The molecule has 7 heteroatoms. The van der Waals surface area contributed by atoms with Crippen LogP contribution in [0.4, 0.5) is 5.69 Å². The van der Waals surface area contributed by atoms with E-state index in [1.807, 2.05) is 0 Å². The Morgan fingerprint density at radius 2 is 2.00 bits per heavy atom. The number of ether oxygens (including phenoxy) is 2. The number of hydrogen-bond acceptors (Lipinski definition) is 4. The Morgan fingerprint density at radius 3 is 2.50 bits per heavy atom. The number of carbonyl (C=O) groups is 2. The summed E-state index contributed by atoms with van der Waals surface area (Å²) in [6, 6.07) is 3.18. The maximum absolute atomic E-state index is 12.0. The van der Waals surface area contributed by atoms with Crippen molar-refractivity contribution in [3.8, 4) is 11.5 Å².